The predicted molar refractivity (Wildman–Crippen MR) is 88.5 cm³/mol. The van der Waals surface area contributed by atoms with Crippen molar-refractivity contribution in [2.24, 2.45) is 0 Å². The average Bonchev–Trinajstić information content (AvgIpc) is 2.56. The average molecular weight is 325 g/mol. The van der Waals surface area contributed by atoms with E-state index in [9.17, 15) is 14.3 Å². The quantitative estimate of drug-likeness (QED) is 0.433. The standard InChI is InChI=1S/C18H16FN3O2/c19-17-7-2-1-4-13(17)8-9-21-12-14(11-20)18(24)22-15-5-3-6-16(23)10-15/h1-7,10,12,21,23H,8-9H2,(H,22,24)/b14-12-. The first-order chi connectivity index (χ1) is 11.6. The summed E-state index contributed by atoms with van der Waals surface area (Å²) < 4.78 is 13.5. The highest BCUT2D eigenvalue weighted by Crippen LogP contribution is 2.15. The summed E-state index contributed by atoms with van der Waals surface area (Å²) in [6.45, 7) is 0.380. The molecule has 0 saturated carbocycles. The molecule has 0 aliphatic carbocycles. The molecule has 2 aromatic rings. The van der Waals surface area contributed by atoms with Gasteiger partial charge in [-0.15, -0.1) is 0 Å². The zero-order valence-electron chi connectivity index (χ0n) is 12.8. The summed E-state index contributed by atoms with van der Waals surface area (Å²) in [5.74, 6) is -0.870. The van der Waals surface area contributed by atoms with Gasteiger partial charge in [0.1, 0.15) is 23.2 Å². The molecule has 0 bridgehead atoms. The van der Waals surface area contributed by atoms with Gasteiger partial charge in [0.15, 0.2) is 0 Å². The molecular formula is C18H16FN3O2. The maximum absolute atomic E-state index is 13.5. The Kier molecular flexibility index (Phi) is 5.92. The molecule has 0 spiro atoms. The number of nitrogens with one attached hydrogen (secondary N) is 2. The lowest BCUT2D eigenvalue weighted by Crippen LogP contribution is -2.18. The number of amides is 1. The van der Waals surface area contributed by atoms with Gasteiger partial charge >= 0.3 is 0 Å². The first-order valence-corrected chi connectivity index (χ1v) is 7.27. The van der Waals surface area contributed by atoms with E-state index in [-0.39, 0.29) is 17.1 Å². The van der Waals surface area contributed by atoms with Crippen LogP contribution in [0, 0.1) is 17.1 Å². The van der Waals surface area contributed by atoms with E-state index in [2.05, 4.69) is 10.6 Å². The zero-order valence-corrected chi connectivity index (χ0v) is 12.8. The zero-order chi connectivity index (χ0) is 17.4. The van der Waals surface area contributed by atoms with Crippen LogP contribution in [0.2, 0.25) is 0 Å². The molecule has 0 unspecified atom stereocenters. The molecule has 2 aromatic carbocycles. The summed E-state index contributed by atoms with van der Waals surface area (Å²) >= 11 is 0. The number of phenols is 1. The molecule has 1 amide bonds. The fourth-order valence-electron chi connectivity index (χ4n) is 2.01. The summed E-state index contributed by atoms with van der Waals surface area (Å²) in [6, 6.07) is 14.2. The summed E-state index contributed by atoms with van der Waals surface area (Å²) in [5, 5.41) is 23.8. The Hall–Kier alpha value is -3.33. The molecule has 0 aliphatic heterocycles. The first kappa shape index (κ1) is 17.0. The maximum atomic E-state index is 13.5. The Bertz CT molecular complexity index is 797. The van der Waals surface area contributed by atoms with E-state index >= 15 is 0 Å². The molecule has 6 heteroatoms. The summed E-state index contributed by atoms with van der Waals surface area (Å²) in [7, 11) is 0. The Labute approximate surface area is 139 Å². The molecule has 5 nitrogen and oxygen atoms in total. The lowest BCUT2D eigenvalue weighted by molar-refractivity contribution is -0.112. The van der Waals surface area contributed by atoms with E-state index < -0.39 is 5.91 Å². The number of nitriles is 1. The van der Waals surface area contributed by atoms with Gasteiger partial charge in [-0.2, -0.15) is 5.26 Å². The van der Waals surface area contributed by atoms with Crippen LogP contribution in [-0.4, -0.2) is 17.6 Å². The van der Waals surface area contributed by atoms with Crippen LogP contribution in [0.1, 0.15) is 5.56 Å². The normalized spacial score (nSPS) is 10.8. The summed E-state index contributed by atoms with van der Waals surface area (Å²) in [6.07, 6.45) is 1.72. The van der Waals surface area contributed by atoms with E-state index in [0.717, 1.165) is 0 Å². The number of hydrogen-bond donors (Lipinski definition) is 3. The molecule has 0 radical (unpaired) electrons. The van der Waals surface area contributed by atoms with Crippen LogP contribution < -0.4 is 10.6 Å². The molecule has 122 valence electrons. The van der Waals surface area contributed by atoms with E-state index in [4.69, 9.17) is 5.26 Å². The Morgan fingerprint density at radius 2 is 2.04 bits per heavy atom. The second-order valence-corrected chi connectivity index (χ2v) is 4.97. The van der Waals surface area contributed by atoms with Gasteiger partial charge in [0, 0.05) is 24.5 Å². The van der Waals surface area contributed by atoms with Gasteiger partial charge in [-0.3, -0.25) is 4.79 Å². The van der Waals surface area contributed by atoms with Crippen molar-refractivity contribution in [2.75, 3.05) is 11.9 Å². The molecule has 24 heavy (non-hydrogen) atoms. The van der Waals surface area contributed by atoms with Gasteiger partial charge in [-0.25, -0.2) is 4.39 Å². The van der Waals surface area contributed by atoms with E-state index in [0.29, 0.717) is 24.2 Å². The van der Waals surface area contributed by atoms with Crippen LogP contribution >= 0.6 is 0 Å². The fraction of sp³-hybridized carbons (Fsp3) is 0.111. The van der Waals surface area contributed by atoms with E-state index in [1.54, 1.807) is 36.4 Å². The molecule has 3 N–H and O–H groups in total. The minimum atomic E-state index is -0.596. The van der Waals surface area contributed by atoms with Crippen molar-refractivity contribution in [3.63, 3.8) is 0 Å². The molecule has 0 saturated heterocycles. The van der Waals surface area contributed by atoms with Crippen molar-refractivity contribution in [3.8, 4) is 11.8 Å². The topological polar surface area (TPSA) is 85.2 Å². The highest BCUT2D eigenvalue weighted by Gasteiger charge is 2.09. The van der Waals surface area contributed by atoms with Gasteiger partial charge in [0.05, 0.1) is 0 Å². The highest BCUT2D eigenvalue weighted by molar-refractivity contribution is 6.06. The van der Waals surface area contributed by atoms with E-state index in [1.165, 1.54) is 24.4 Å². The third kappa shape index (κ3) is 4.85. The number of carbonyl (C=O) groups excluding carboxylic acids is 1. The van der Waals surface area contributed by atoms with Gasteiger partial charge in [-0.05, 0) is 30.2 Å². The number of anilines is 1. The SMILES string of the molecule is N#C/C(=C/NCCc1ccccc1F)C(=O)Nc1cccc(O)c1. The predicted octanol–water partition coefficient (Wildman–Crippen LogP) is 2.71. The molecule has 0 fully saturated rings. The van der Waals surface area contributed by atoms with Crippen molar-refractivity contribution < 1.29 is 14.3 Å². The third-order valence-corrected chi connectivity index (χ3v) is 3.21. The van der Waals surface area contributed by atoms with Crippen LogP contribution in [0.25, 0.3) is 0 Å². The van der Waals surface area contributed by atoms with Crippen molar-refractivity contribution >= 4 is 11.6 Å². The van der Waals surface area contributed by atoms with Crippen molar-refractivity contribution in [3.05, 3.63) is 71.7 Å². The number of nitrogens with zero attached hydrogens (tertiary/aromatic N) is 1. The van der Waals surface area contributed by atoms with Gasteiger partial charge in [0.25, 0.3) is 5.91 Å². The lowest BCUT2D eigenvalue weighted by Gasteiger charge is -2.06. The Morgan fingerprint density at radius 3 is 2.75 bits per heavy atom. The minimum Gasteiger partial charge on any atom is -0.508 e. The van der Waals surface area contributed by atoms with Gasteiger partial charge in [-0.1, -0.05) is 24.3 Å². The molecular weight excluding hydrogens is 309 g/mol. The molecule has 0 aromatic heterocycles. The number of hydrogen-bond acceptors (Lipinski definition) is 4. The monoisotopic (exact) mass is 325 g/mol. The van der Waals surface area contributed by atoms with Gasteiger partial charge in [0.2, 0.25) is 0 Å². The number of carbonyl (C=O) groups is 1. The molecule has 0 heterocycles. The first-order valence-electron chi connectivity index (χ1n) is 7.27. The molecule has 0 atom stereocenters. The number of rotatable bonds is 6. The second-order valence-electron chi connectivity index (χ2n) is 4.97. The molecule has 2 rings (SSSR count). The van der Waals surface area contributed by atoms with Crippen molar-refractivity contribution in [2.45, 2.75) is 6.42 Å². The number of aromatic hydroxyl groups is 1. The van der Waals surface area contributed by atoms with Crippen LogP contribution in [0.4, 0.5) is 10.1 Å². The number of halogens is 1. The fourth-order valence-corrected chi connectivity index (χ4v) is 2.01. The van der Waals surface area contributed by atoms with Crippen LogP contribution in [-0.2, 0) is 11.2 Å². The Balaban J connectivity index is 1.90. The maximum Gasteiger partial charge on any atom is 0.267 e. The van der Waals surface area contributed by atoms with E-state index in [1.807, 2.05) is 0 Å². The highest BCUT2D eigenvalue weighted by atomic mass is 19.1. The summed E-state index contributed by atoms with van der Waals surface area (Å²) in [5.41, 5.74) is 0.820. The number of benzene rings is 2. The number of phenolic OH excluding ortho intramolecular Hbond substituents is 1. The molecule has 0 aliphatic rings. The smallest absolute Gasteiger partial charge is 0.267 e. The van der Waals surface area contributed by atoms with Crippen LogP contribution in [0.3, 0.4) is 0 Å². The van der Waals surface area contributed by atoms with Crippen molar-refractivity contribution in [1.29, 1.82) is 5.26 Å². The minimum absolute atomic E-state index is 0.0123. The largest absolute Gasteiger partial charge is 0.508 e. The lowest BCUT2D eigenvalue weighted by atomic mass is 10.1. The second kappa shape index (κ2) is 8.34. The van der Waals surface area contributed by atoms with Crippen molar-refractivity contribution in [1.82, 2.24) is 5.32 Å². The van der Waals surface area contributed by atoms with Crippen LogP contribution in [0.5, 0.6) is 5.75 Å². The van der Waals surface area contributed by atoms with Gasteiger partial charge < -0.3 is 15.7 Å². The van der Waals surface area contributed by atoms with Crippen LogP contribution in [0.15, 0.2) is 60.3 Å². The summed E-state index contributed by atoms with van der Waals surface area (Å²) in [4.78, 5) is 12.0. The third-order valence-electron chi connectivity index (χ3n) is 3.21. The Morgan fingerprint density at radius 1 is 1.25 bits per heavy atom.